The van der Waals surface area contributed by atoms with E-state index in [4.69, 9.17) is 27.6 Å². The third-order valence-electron chi connectivity index (χ3n) is 5.92. The predicted molar refractivity (Wildman–Crippen MR) is 123 cm³/mol. The number of ether oxygens (including phenoxy) is 1. The molecule has 1 saturated carbocycles. The number of rotatable bonds is 4. The summed E-state index contributed by atoms with van der Waals surface area (Å²) in [5.74, 6) is 0.785. The van der Waals surface area contributed by atoms with Crippen molar-refractivity contribution in [2.24, 2.45) is 11.0 Å². The Morgan fingerprint density at radius 2 is 2.15 bits per heavy atom. The summed E-state index contributed by atoms with van der Waals surface area (Å²) >= 11 is 6.28. The number of nitrogens with zero attached hydrogens (tertiary/aromatic N) is 4. The molecule has 1 fully saturated rings. The Bertz CT molecular complexity index is 1270. The van der Waals surface area contributed by atoms with Crippen LogP contribution in [-0.4, -0.2) is 21.3 Å². The highest BCUT2D eigenvalue weighted by Gasteiger charge is 2.25. The van der Waals surface area contributed by atoms with Crippen LogP contribution in [0.4, 0.5) is 10.2 Å². The van der Waals surface area contributed by atoms with Gasteiger partial charge in [0.25, 0.3) is 0 Å². The van der Waals surface area contributed by atoms with E-state index >= 15 is 0 Å². The summed E-state index contributed by atoms with van der Waals surface area (Å²) < 4.78 is 22.0. The molecule has 0 saturated heterocycles. The summed E-state index contributed by atoms with van der Waals surface area (Å²) in [6, 6.07) is 7.91. The van der Waals surface area contributed by atoms with E-state index in [1.807, 2.05) is 6.92 Å². The maximum Gasteiger partial charge on any atom is 0.166 e. The summed E-state index contributed by atoms with van der Waals surface area (Å²) in [6.07, 6.45) is 3.71. The number of hydrogen-bond donors (Lipinski definition) is 3. The van der Waals surface area contributed by atoms with Crippen LogP contribution in [0.5, 0.6) is 5.75 Å². The Balaban J connectivity index is 1.73. The Labute approximate surface area is 195 Å². The topological polar surface area (TPSA) is 114 Å². The molecule has 0 amide bonds. The summed E-state index contributed by atoms with van der Waals surface area (Å²) in [6.45, 7) is 2.58. The Hall–Kier alpha value is -3.46. The zero-order chi connectivity index (χ0) is 23.1. The van der Waals surface area contributed by atoms with E-state index < -0.39 is 11.9 Å². The van der Waals surface area contributed by atoms with Crippen molar-refractivity contribution >= 4 is 23.1 Å². The number of benzene rings is 1. The summed E-state index contributed by atoms with van der Waals surface area (Å²) in [5, 5.41) is 12.0. The van der Waals surface area contributed by atoms with E-state index in [9.17, 15) is 4.39 Å². The molecule has 3 aromatic rings. The molecule has 1 unspecified atom stereocenters. The van der Waals surface area contributed by atoms with E-state index in [1.54, 1.807) is 29.1 Å². The molecule has 2 aromatic heterocycles. The smallest absolute Gasteiger partial charge is 0.166 e. The van der Waals surface area contributed by atoms with Gasteiger partial charge in [-0.1, -0.05) is 11.6 Å². The van der Waals surface area contributed by atoms with Gasteiger partial charge in [0.1, 0.15) is 11.9 Å². The maximum absolute atomic E-state index is 14.2. The fraction of sp³-hybridized carbons (Fsp3) is 0.304. The number of anilines is 1. The molecule has 0 spiro atoms. The van der Waals surface area contributed by atoms with Crippen LogP contribution in [0.3, 0.4) is 0 Å². The number of fused-ring (bicyclic) bond motifs is 5. The second kappa shape index (κ2) is 8.47. The van der Waals surface area contributed by atoms with Crippen LogP contribution in [0.2, 0.25) is 5.15 Å². The Morgan fingerprint density at radius 3 is 2.91 bits per heavy atom. The average molecular weight is 468 g/mol. The Morgan fingerprint density at radius 1 is 1.33 bits per heavy atom. The van der Waals surface area contributed by atoms with Crippen LogP contribution in [-0.2, 0) is 6.42 Å². The van der Waals surface area contributed by atoms with E-state index in [0.29, 0.717) is 45.6 Å². The normalized spacial score (nSPS) is 20.0. The number of nitrogen functional groups attached to an aromatic ring is 1. The number of pyridine rings is 1. The van der Waals surface area contributed by atoms with Crippen LogP contribution >= 0.6 is 11.6 Å². The lowest BCUT2D eigenvalue weighted by Crippen LogP contribution is -2.19. The van der Waals surface area contributed by atoms with Crippen LogP contribution in [0.15, 0.2) is 47.3 Å². The quantitative estimate of drug-likeness (QED) is 0.465. The Kier molecular flexibility index (Phi) is 5.49. The van der Waals surface area contributed by atoms with Crippen LogP contribution in [0, 0.1) is 17.3 Å². The van der Waals surface area contributed by atoms with Gasteiger partial charge in [-0.2, -0.15) is 10.2 Å². The van der Waals surface area contributed by atoms with Crippen LogP contribution in [0.1, 0.15) is 42.7 Å². The number of aromatic nitrogens is 3. The van der Waals surface area contributed by atoms with Crippen molar-refractivity contribution in [3.63, 3.8) is 0 Å². The van der Waals surface area contributed by atoms with Crippen molar-refractivity contribution in [3.8, 4) is 11.4 Å². The first-order valence-electron chi connectivity index (χ1n) is 10.7. The molecule has 1 aliphatic carbocycles. The number of nitrogens with one attached hydrogen (secondary N) is 2. The van der Waals surface area contributed by atoms with Crippen molar-refractivity contribution in [3.05, 3.63) is 70.0 Å². The van der Waals surface area contributed by atoms with Gasteiger partial charge in [-0.25, -0.2) is 19.6 Å². The van der Waals surface area contributed by atoms with Crippen LogP contribution in [0.25, 0.3) is 11.4 Å². The monoisotopic (exact) mass is 467 g/mol. The first-order chi connectivity index (χ1) is 15.9. The summed E-state index contributed by atoms with van der Waals surface area (Å²) in [5.41, 5.74) is 17.8. The molecule has 3 heterocycles. The van der Waals surface area contributed by atoms with Crippen molar-refractivity contribution in [1.82, 2.24) is 20.1 Å². The van der Waals surface area contributed by atoms with Gasteiger partial charge in [0.05, 0.1) is 22.8 Å². The van der Waals surface area contributed by atoms with E-state index in [-0.39, 0.29) is 17.4 Å². The second-order valence-corrected chi connectivity index (χ2v) is 8.76. The van der Waals surface area contributed by atoms with Crippen molar-refractivity contribution < 1.29 is 9.13 Å². The van der Waals surface area contributed by atoms with Crippen LogP contribution < -0.4 is 15.8 Å². The average Bonchev–Trinajstić information content (AvgIpc) is 3.55. The molecule has 1 atom stereocenters. The van der Waals surface area contributed by atoms with Crippen molar-refractivity contribution in [2.45, 2.75) is 32.3 Å². The minimum absolute atomic E-state index is 0.217. The molecule has 170 valence electrons. The minimum Gasteiger partial charge on any atom is -0.482 e. The van der Waals surface area contributed by atoms with Gasteiger partial charge in [-0.3, -0.25) is 0 Å². The van der Waals surface area contributed by atoms with Gasteiger partial charge in [-0.15, -0.1) is 0 Å². The van der Waals surface area contributed by atoms with Gasteiger partial charge in [0, 0.05) is 30.3 Å². The molecular weight excluding hydrogens is 445 g/mol. The van der Waals surface area contributed by atoms with Gasteiger partial charge in [-0.05, 0) is 56.0 Å². The zero-order valence-corrected chi connectivity index (χ0v) is 18.7. The molecule has 2 bridgehead atoms. The lowest BCUT2D eigenvalue weighted by atomic mass is 10.1. The van der Waals surface area contributed by atoms with E-state index in [0.717, 1.165) is 6.54 Å². The van der Waals surface area contributed by atoms with Crippen molar-refractivity contribution in [2.75, 3.05) is 12.3 Å². The zero-order valence-electron chi connectivity index (χ0n) is 18.0. The standard InChI is InChI=1S/C23H23ClFN7O/c1-12-17-7-15(25)4-5-19(17)32-16(9-21(24)31-32)8-18(30-27)22(28-10-13-2-3-13)14-6-20(33-12)23(26)29-11-14/h4-7,9,11-13,27-28H,2-3,8,10H2,1H3,(H2,26,29)/b22-18-,30-27?. The molecule has 1 aromatic carbocycles. The van der Waals surface area contributed by atoms with Crippen molar-refractivity contribution in [1.29, 1.82) is 5.53 Å². The molecule has 0 radical (unpaired) electrons. The highest BCUT2D eigenvalue weighted by Crippen LogP contribution is 2.35. The van der Waals surface area contributed by atoms with E-state index in [1.165, 1.54) is 25.0 Å². The van der Waals surface area contributed by atoms with E-state index in [2.05, 4.69) is 20.5 Å². The third-order valence-corrected chi connectivity index (χ3v) is 6.10. The minimum atomic E-state index is -0.558. The maximum atomic E-state index is 14.2. The highest BCUT2D eigenvalue weighted by atomic mass is 35.5. The molecule has 4 N–H and O–H groups in total. The molecular formula is C23H23ClFN7O. The molecule has 10 heteroatoms. The number of halogens is 2. The largest absolute Gasteiger partial charge is 0.482 e. The van der Waals surface area contributed by atoms with Gasteiger partial charge in [0.2, 0.25) is 0 Å². The van der Waals surface area contributed by atoms with Gasteiger partial charge in [0.15, 0.2) is 16.7 Å². The molecule has 1 aliphatic heterocycles. The van der Waals surface area contributed by atoms with Gasteiger partial charge >= 0.3 is 0 Å². The predicted octanol–water partition coefficient (Wildman–Crippen LogP) is 5.04. The summed E-state index contributed by atoms with van der Waals surface area (Å²) in [7, 11) is 0. The molecule has 2 aliphatic rings. The third kappa shape index (κ3) is 4.28. The lowest BCUT2D eigenvalue weighted by Gasteiger charge is -2.22. The summed E-state index contributed by atoms with van der Waals surface area (Å²) in [4.78, 5) is 4.31. The second-order valence-electron chi connectivity index (χ2n) is 8.38. The van der Waals surface area contributed by atoms with Gasteiger partial charge < -0.3 is 15.8 Å². The number of hydrogen-bond acceptors (Lipinski definition) is 7. The first kappa shape index (κ1) is 21.4. The molecule has 8 nitrogen and oxygen atoms in total. The lowest BCUT2D eigenvalue weighted by molar-refractivity contribution is 0.226. The SMILES string of the molecule is CC1Oc2cc(cnc2N)/C(NCC2CC2)=C(/N=N)Cc2cc(Cl)nn2-c2ccc(F)cc21. The molecule has 33 heavy (non-hydrogen) atoms. The number of allylic oxidation sites excluding steroid dienone is 1. The molecule has 5 rings (SSSR count). The first-order valence-corrected chi connectivity index (χ1v) is 11.1. The fourth-order valence-electron chi connectivity index (χ4n) is 4.00. The number of nitrogens with two attached hydrogens (primary N) is 1. The fourth-order valence-corrected chi connectivity index (χ4v) is 4.20. The highest BCUT2D eigenvalue weighted by molar-refractivity contribution is 6.29.